The predicted molar refractivity (Wildman–Crippen MR) is 67.9 cm³/mol. The molecule has 0 unspecified atom stereocenters. The second-order valence-electron chi connectivity index (χ2n) is 4.13. The molecule has 0 saturated heterocycles. The maximum absolute atomic E-state index is 13.4. The van der Waals surface area contributed by atoms with Gasteiger partial charge in [-0.25, -0.2) is 4.39 Å². The van der Waals surface area contributed by atoms with Crippen LogP contribution in [0.15, 0.2) is 42.7 Å². The maximum Gasteiger partial charge on any atom is 0.235 e. The van der Waals surface area contributed by atoms with Crippen LogP contribution in [0.1, 0.15) is 15.9 Å². The van der Waals surface area contributed by atoms with E-state index in [0.29, 0.717) is 12.1 Å². The van der Waals surface area contributed by atoms with Gasteiger partial charge in [-0.05, 0) is 36.2 Å². The third-order valence-corrected chi connectivity index (χ3v) is 2.77. The molecule has 1 aromatic carbocycles. The van der Waals surface area contributed by atoms with Crippen molar-refractivity contribution in [1.82, 2.24) is 4.57 Å². The lowest BCUT2D eigenvalue weighted by atomic mass is 10.1. The molecule has 0 fully saturated rings. The molecule has 0 spiro atoms. The summed E-state index contributed by atoms with van der Waals surface area (Å²) in [5.41, 5.74) is 6.87. The summed E-state index contributed by atoms with van der Waals surface area (Å²) in [7, 11) is 0. The lowest BCUT2D eigenvalue weighted by molar-refractivity contribution is 0.0913. The number of hydrogen-bond acceptors (Lipinski definition) is 2. The highest BCUT2D eigenvalue weighted by Gasteiger charge is 2.09. The Bertz CT molecular complexity index is 548. The van der Waals surface area contributed by atoms with Gasteiger partial charge in [-0.15, -0.1) is 0 Å². The van der Waals surface area contributed by atoms with Crippen LogP contribution in [0.25, 0.3) is 0 Å². The zero-order chi connectivity index (χ0) is 13.0. The Labute approximate surface area is 105 Å². The third-order valence-electron chi connectivity index (χ3n) is 2.77. The number of nitrogens with zero attached hydrogens (tertiary/aromatic N) is 1. The summed E-state index contributed by atoms with van der Waals surface area (Å²) in [6.07, 6.45) is 4.23. The normalized spacial score (nSPS) is 10.6. The van der Waals surface area contributed by atoms with E-state index in [0.717, 1.165) is 12.0 Å². The van der Waals surface area contributed by atoms with Crippen molar-refractivity contribution in [2.75, 3.05) is 6.54 Å². The first kappa shape index (κ1) is 12.5. The van der Waals surface area contributed by atoms with E-state index < -0.39 is 0 Å². The van der Waals surface area contributed by atoms with Crippen molar-refractivity contribution < 1.29 is 9.18 Å². The topological polar surface area (TPSA) is 48.0 Å². The highest BCUT2D eigenvalue weighted by molar-refractivity contribution is 5.81. The molecule has 2 N–H and O–H groups in total. The molecule has 0 bridgehead atoms. The monoisotopic (exact) mass is 246 g/mol. The minimum Gasteiger partial charge on any atom is -0.330 e. The van der Waals surface area contributed by atoms with Crippen LogP contribution in [-0.4, -0.2) is 17.0 Å². The quantitative estimate of drug-likeness (QED) is 0.897. The summed E-state index contributed by atoms with van der Waals surface area (Å²) in [4.78, 5) is 11.9. The van der Waals surface area contributed by atoms with Gasteiger partial charge in [0.25, 0.3) is 0 Å². The van der Waals surface area contributed by atoms with Crippen LogP contribution in [-0.2, 0) is 12.8 Å². The molecular formula is C14H15FN2O. The molecule has 1 heterocycles. The first-order valence-electron chi connectivity index (χ1n) is 5.84. The number of hydrogen-bond donors (Lipinski definition) is 1. The molecule has 0 saturated carbocycles. The van der Waals surface area contributed by atoms with Crippen LogP contribution in [0, 0.1) is 5.82 Å². The van der Waals surface area contributed by atoms with Crippen molar-refractivity contribution in [2.45, 2.75) is 12.8 Å². The van der Waals surface area contributed by atoms with Crippen LogP contribution in [0.2, 0.25) is 0 Å². The van der Waals surface area contributed by atoms with Crippen LogP contribution >= 0.6 is 0 Å². The third kappa shape index (κ3) is 2.84. The van der Waals surface area contributed by atoms with Crippen molar-refractivity contribution >= 4 is 5.91 Å². The zero-order valence-corrected chi connectivity index (χ0v) is 9.97. The fourth-order valence-corrected chi connectivity index (χ4v) is 1.81. The van der Waals surface area contributed by atoms with Gasteiger partial charge in [0.1, 0.15) is 5.82 Å². The van der Waals surface area contributed by atoms with Crippen molar-refractivity contribution in [3.05, 3.63) is 59.7 Å². The molecule has 0 radical (unpaired) electrons. The second-order valence-corrected chi connectivity index (χ2v) is 4.13. The fourth-order valence-electron chi connectivity index (χ4n) is 1.81. The summed E-state index contributed by atoms with van der Waals surface area (Å²) in [5, 5.41) is 0. The Morgan fingerprint density at radius 3 is 2.78 bits per heavy atom. The first-order valence-corrected chi connectivity index (χ1v) is 5.84. The Kier molecular flexibility index (Phi) is 3.89. The minimum absolute atomic E-state index is 0.0589. The van der Waals surface area contributed by atoms with Crippen LogP contribution in [0.3, 0.4) is 0 Å². The van der Waals surface area contributed by atoms with E-state index in [4.69, 9.17) is 5.73 Å². The first-order chi connectivity index (χ1) is 8.70. The Hall–Kier alpha value is -1.94. The van der Waals surface area contributed by atoms with E-state index in [-0.39, 0.29) is 18.1 Å². The molecule has 94 valence electrons. The van der Waals surface area contributed by atoms with Gasteiger partial charge in [-0.3, -0.25) is 9.36 Å². The summed E-state index contributed by atoms with van der Waals surface area (Å²) in [5.74, 6) is -0.497. The van der Waals surface area contributed by atoms with Crippen molar-refractivity contribution in [1.29, 1.82) is 0 Å². The van der Waals surface area contributed by atoms with Gasteiger partial charge in [0.15, 0.2) is 0 Å². The van der Waals surface area contributed by atoms with Crippen LogP contribution in [0.5, 0.6) is 0 Å². The average Bonchev–Trinajstić information content (AvgIpc) is 2.81. The number of halogens is 1. The van der Waals surface area contributed by atoms with Crippen molar-refractivity contribution in [3.63, 3.8) is 0 Å². The molecule has 0 aliphatic rings. The number of aromatic nitrogens is 1. The molecule has 0 amide bonds. The molecule has 0 aliphatic carbocycles. The largest absolute Gasteiger partial charge is 0.330 e. The molecule has 2 rings (SSSR count). The van der Waals surface area contributed by atoms with Gasteiger partial charge < -0.3 is 5.73 Å². The molecule has 4 heteroatoms. The average molecular weight is 246 g/mol. The van der Waals surface area contributed by atoms with E-state index in [1.807, 2.05) is 6.07 Å². The molecule has 3 nitrogen and oxygen atoms in total. The summed E-state index contributed by atoms with van der Waals surface area (Å²) >= 11 is 0. The molecule has 0 aliphatic heterocycles. The summed E-state index contributed by atoms with van der Waals surface area (Å²) in [6.45, 7) is 0.547. The number of carbonyl (C=O) groups is 1. The number of rotatable bonds is 4. The van der Waals surface area contributed by atoms with Crippen LogP contribution < -0.4 is 5.73 Å². The van der Waals surface area contributed by atoms with E-state index in [1.165, 1.54) is 10.6 Å². The SMILES string of the molecule is NCCc1ccn(C(=O)Cc2ccccc2F)c1. The lowest BCUT2D eigenvalue weighted by Gasteiger charge is -2.03. The molecular weight excluding hydrogens is 231 g/mol. The highest BCUT2D eigenvalue weighted by atomic mass is 19.1. The van der Waals surface area contributed by atoms with Crippen molar-refractivity contribution in [2.24, 2.45) is 5.73 Å². The fraction of sp³-hybridized carbons (Fsp3) is 0.214. The van der Waals surface area contributed by atoms with Gasteiger partial charge >= 0.3 is 0 Å². The van der Waals surface area contributed by atoms with Gasteiger partial charge in [0.2, 0.25) is 5.91 Å². The number of benzene rings is 1. The van der Waals surface area contributed by atoms with E-state index >= 15 is 0 Å². The number of nitrogens with two attached hydrogens (primary N) is 1. The van der Waals surface area contributed by atoms with Gasteiger partial charge in [0.05, 0.1) is 6.42 Å². The minimum atomic E-state index is -0.347. The zero-order valence-electron chi connectivity index (χ0n) is 9.97. The van der Waals surface area contributed by atoms with Crippen LogP contribution in [0.4, 0.5) is 4.39 Å². The Balaban J connectivity index is 2.10. The van der Waals surface area contributed by atoms with Gasteiger partial charge in [-0.2, -0.15) is 0 Å². The van der Waals surface area contributed by atoms with Gasteiger partial charge in [-0.1, -0.05) is 18.2 Å². The van der Waals surface area contributed by atoms with E-state index in [1.54, 1.807) is 30.6 Å². The Morgan fingerprint density at radius 1 is 1.28 bits per heavy atom. The van der Waals surface area contributed by atoms with E-state index in [2.05, 4.69) is 0 Å². The molecule has 1 aromatic heterocycles. The highest BCUT2D eigenvalue weighted by Crippen LogP contribution is 2.09. The number of carbonyl (C=O) groups excluding carboxylic acids is 1. The maximum atomic E-state index is 13.4. The Morgan fingerprint density at radius 2 is 2.06 bits per heavy atom. The summed E-state index contributed by atoms with van der Waals surface area (Å²) in [6, 6.07) is 8.17. The lowest BCUT2D eigenvalue weighted by Crippen LogP contribution is -2.12. The predicted octanol–water partition coefficient (Wildman–Crippen LogP) is 2.01. The van der Waals surface area contributed by atoms with E-state index in [9.17, 15) is 9.18 Å². The second kappa shape index (κ2) is 5.60. The summed E-state index contributed by atoms with van der Waals surface area (Å²) < 4.78 is 14.9. The molecule has 0 atom stereocenters. The molecule has 18 heavy (non-hydrogen) atoms. The van der Waals surface area contributed by atoms with Gasteiger partial charge in [0, 0.05) is 12.4 Å². The molecule has 2 aromatic rings. The smallest absolute Gasteiger partial charge is 0.235 e. The standard InChI is InChI=1S/C14H15FN2O/c15-13-4-2-1-3-12(13)9-14(18)17-8-6-11(10-17)5-7-16/h1-4,6,8,10H,5,7,9,16H2. The van der Waals surface area contributed by atoms with Crippen molar-refractivity contribution in [3.8, 4) is 0 Å².